The molecule has 0 N–H and O–H groups in total. The average Bonchev–Trinajstić information content (AvgIpc) is 3.14. The van der Waals surface area contributed by atoms with Crippen molar-refractivity contribution >= 4 is 17.7 Å². The van der Waals surface area contributed by atoms with Crippen molar-refractivity contribution in [1.82, 2.24) is 9.80 Å². The van der Waals surface area contributed by atoms with Gasteiger partial charge in [0.05, 0.1) is 6.61 Å². The number of para-hydroxylation sites is 1. The molecule has 2 aliphatic rings. The van der Waals surface area contributed by atoms with E-state index in [1.165, 1.54) is 0 Å². The zero-order valence-corrected chi connectivity index (χ0v) is 20.5. The molecule has 3 atom stereocenters. The molecule has 0 aliphatic carbocycles. The lowest BCUT2D eigenvalue weighted by Crippen LogP contribution is -2.51. The molecule has 3 rings (SSSR count). The molecule has 1 aromatic rings. The van der Waals surface area contributed by atoms with E-state index >= 15 is 0 Å². The fourth-order valence-electron chi connectivity index (χ4n) is 5.68. The minimum atomic E-state index is -0.161. The van der Waals surface area contributed by atoms with Crippen molar-refractivity contribution < 1.29 is 14.3 Å². The molecule has 3 unspecified atom stereocenters. The van der Waals surface area contributed by atoms with E-state index in [1.807, 2.05) is 28.9 Å². The number of rotatable bonds is 7. The fourth-order valence-corrected chi connectivity index (χ4v) is 5.68. The molecule has 2 aliphatic heterocycles. The largest absolute Gasteiger partial charge is 0.450 e. The average molecular weight is 444 g/mol. The lowest BCUT2D eigenvalue weighted by Gasteiger charge is -2.42. The van der Waals surface area contributed by atoms with Crippen LogP contribution >= 0.6 is 0 Å². The molecule has 2 amide bonds. The van der Waals surface area contributed by atoms with Crippen LogP contribution in [0.1, 0.15) is 71.8 Å². The molecule has 6 nitrogen and oxygen atoms in total. The summed E-state index contributed by atoms with van der Waals surface area (Å²) in [5.41, 5.74) is 2.18. The van der Waals surface area contributed by atoms with E-state index < -0.39 is 0 Å². The first-order valence-corrected chi connectivity index (χ1v) is 12.4. The summed E-state index contributed by atoms with van der Waals surface area (Å²) in [6, 6.07) is 9.37. The topological polar surface area (TPSA) is 53.1 Å². The van der Waals surface area contributed by atoms with Gasteiger partial charge in [-0.25, -0.2) is 4.79 Å². The third-order valence-electron chi connectivity index (χ3n) is 7.37. The van der Waals surface area contributed by atoms with Crippen molar-refractivity contribution in [2.45, 2.75) is 97.3 Å². The number of hydrogen-bond donors (Lipinski definition) is 0. The predicted octanol–water partition coefficient (Wildman–Crippen LogP) is 4.99. The van der Waals surface area contributed by atoms with Crippen LogP contribution in [-0.4, -0.2) is 65.7 Å². The van der Waals surface area contributed by atoms with E-state index in [1.54, 1.807) is 6.92 Å². The monoisotopic (exact) mass is 443 g/mol. The zero-order valence-electron chi connectivity index (χ0n) is 20.5. The Morgan fingerprint density at radius 2 is 1.81 bits per heavy atom. The Kier molecular flexibility index (Phi) is 8.57. The predicted molar refractivity (Wildman–Crippen MR) is 129 cm³/mol. The van der Waals surface area contributed by atoms with Crippen molar-refractivity contribution in [2.75, 3.05) is 24.6 Å². The molecule has 0 aromatic heterocycles. The third-order valence-corrected chi connectivity index (χ3v) is 7.37. The van der Waals surface area contributed by atoms with Gasteiger partial charge in [-0.3, -0.25) is 4.79 Å². The van der Waals surface area contributed by atoms with Crippen LogP contribution in [0.3, 0.4) is 0 Å². The Bertz CT molecular complexity index is 775. The van der Waals surface area contributed by atoms with Gasteiger partial charge in [-0.1, -0.05) is 25.1 Å². The first-order valence-electron chi connectivity index (χ1n) is 12.4. The maximum atomic E-state index is 12.5. The van der Waals surface area contributed by atoms with E-state index in [-0.39, 0.29) is 30.1 Å². The van der Waals surface area contributed by atoms with Crippen molar-refractivity contribution in [3.8, 4) is 0 Å². The molecule has 178 valence electrons. The molecule has 0 saturated carbocycles. The Labute approximate surface area is 193 Å². The van der Waals surface area contributed by atoms with Crippen LogP contribution in [0.4, 0.5) is 10.5 Å². The summed E-state index contributed by atoms with van der Waals surface area (Å²) in [6.07, 6.45) is 5.97. The minimum absolute atomic E-state index is 0.120. The van der Waals surface area contributed by atoms with Gasteiger partial charge in [0.2, 0.25) is 5.91 Å². The molecular weight excluding hydrogens is 402 g/mol. The van der Waals surface area contributed by atoms with E-state index in [4.69, 9.17) is 4.74 Å². The van der Waals surface area contributed by atoms with Crippen LogP contribution in [0.25, 0.3) is 0 Å². The molecular formula is C26H41N3O3. The number of ether oxygens (including phenoxy) is 1. The number of piperidine rings is 1. The number of nitrogens with zero attached hydrogens (tertiary/aromatic N) is 3. The van der Waals surface area contributed by atoms with Crippen LogP contribution in [0.5, 0.6) is 0 Å². The standard InChI is InChI=1S/C26H41N3O3/c1-6-22(18-24-13-12-20(4)28(24)26(31)32-7-2)27-16-14-23(15-17-27)29(21(5)30)25-11-9-8-10-19(25)3/h8-11,20,22-24H,6-7,12-18H2,1-5H3. The van der Waals surface area contributed by atoms with Crippen LogP contribution in [0, 0.1) is 6.92 Å². The highest BCUT2D eigenvalue weighted by atomic mass is 16.6. The second kappa shape index (κ2) is 11.2. The molecule has 6 heteroatoms. The summed E-state index contributed by atoms with van der Waals surface area (Å²) in [6.45, 7) is 12.4. The molecule has 0 spiro atoms. The van der Waals surface area contributed by atoms with Gasteiger partial charge in [-0.15, -0.1) is 0 Å². The molecule has 32 heavy (non-hydrogen) atoms. The summed E-state index contributed by atoms with van der Waals surface area (Å²) in [7, 11) is 0. The maximum absolute atomic E-state index is 12.5. The second-order valence-electron chi connectivity index (χ2n) is 9.43. The molecule has 2 saturated heterocycles. The van der Waals surface area contributed by atoms with Gasteiger partial charge in [-0.05, 0) is 70.9 Å². The highest BCUT2D eigenvalue weighted by molar-refractivity contribution is 5.93. The van der Waals surface area contributed by atoms with Gasteiger partial charge >= 0.3 is 6.09 Å². The number of benzene rings is 1. The van der Waals surface area contributed by atoms with E-state index in [0.29, 0.717) is 12.6 Å². The van der Waals surface area contributed by atoms with Gasteiger partial charge in [0.1, 0.15) is 0 Å². The summed E-state index contributed by atoms with van der Waals surface area (Å²) < 4.78 is 5.34. The van der Waals surface area contributed by atoms with E-state index in [9.17, 15) is 9.59 Å². The Morgan fingerprint density at radius 3 is 2.41 bits per heavy atom. The first-order chi connectivity index (χ1) is 15.4. The molecule has 0 radical (unpaired) electrons. The van der Waals surface area contributed by atoms with Gasteiger partial charge in [0, 0.05) is 49.9 Å². The summed E-state index contributed by atoms with van der Waals surface area (Å²) in [5, 5.41) is 0. The lowest BCUT2D eigenvalue weighted by molar-refractivity contribution is -0.117. The number of amides is 2. The molecule has 0 bridgehead atoms. The number of likely N-dealkylation sites (tertiary alicyclic amines) is 2. The fraction of sp³-hybridized carbons (Fsp3) is 0.692. The molecule has 2 fully saturated rings. The highest BCUT2D eigenvalue weighted by Crippen LogP contribution is 2.32. The SMILES string of the molecule is CCOC(=O)N1C(C)CCC1CC(CC)N1CCC(N(C(C)=O)c2ccccc2C)CC1. The van der Waals surface area contributed by atoms with Crippen molar-refractivity contribution in [3.05, 3.63) is 29.8 Å². The van der Waals surface area contributed by atoms with Crippen LogP contribution in [0.15, 0.2) is 24.3 Å². The van der Waals surface area contributed by atoms with Crippen LogP contribution < -0.4 is 4.90 Å². The highest BCUT2D eigenvalue weighted by Gasteiger charge is 2.38. The zero-order chi connectivity index (χ0) is 23.3. The molecule has 1 aromatic carbocycles. The first kappa shape index (κ1) is 24.6. The molecule has 2 heterocycles. The number of aryl methyl sites for hydroxylation is 1. The second-order valence-corrected chi connectivity index (χ2v) is 9.43. The van der Waals surface area contributed by atoms with Gasteiger partial charge in [0.15, 0.2) is 0 Å². The number of hydrogen-bond acceptors (Lipinski definition) is 4. The smallest absolute Gasteiger partial charge is 0.410 e. The maximum Gasteiger partial charge on any atom is 0.410 e. The van der Waals surface area contributed by atoms with Crippen molar-refractivity contribution in [2.24, 2.45) is 0 Å². The summed E-state index contributed by atoms with van der Waals surface area (Å²) in [4.78, 5) is 31.6. The number of carbonyl (C=O) groups excluding carboxylic acids is 2. The normalized spacial score (nSPS) is 23.2. The van der Waals surface area contributed by atoms with E-state index in [0.717, 1.165) is 62.9 Å². The van der Waals surface area contributed by atoms with Crippen molar-refractivity contribution in [1.29, 1.82) is 0 Å². The lowest BCUT2D eigenvalue weighted by atomic mass is 9.95. The number of carbonyl (C=O) groups is 2. The van der Waals surface area contributed by atoms with Crippen molar-refractivity contribution in [3.63, 3.8) is 0 Å². The Hall–Kier alpha value is -2.08. The van der Waals surface area contributed by atoms with Crippen LogP contribution in [-0.2, 0) is 9.53 Å². The van der Waals surface area contributed by atoms with Gasteiger partial charge in [0.25, 0.3) is 0 Å². The van der Waals surface area contributed by atoms with Gasteiger partial charge < -0.3 is 19.4 Å². The quantitative estimate of drug-likeness (QED) is 0.596. The van der Waals surface area contributed by atoms with E-state index in [2.05, 4.69) is 37.8 Å². The summed E-state index contributed by atoms with van der Waals surface area (Å²) in [5.74, 6) is 0.120. The summed E-state index contributed by atoms with van der Waals surface area (Å²) >= 11 is 0. The Balaban J connectivity index is 1.63. The minimum Gasteiger partial charge on any atom is -0.450 e. The third kappa shape index (κ3) is 5.45. The number of anilines is 1. The van der Waals surface area contributed by atoms with Crippen LogP contribution in [0.2, 0.25) is 0 Å². The van der Waals surface area contributed by atoms with Gasteiger partial charge in [-0.2, -0.15) is 0 Å². The Morgan fingerprint density at radius 1 is 1.12 bits per heavy atom.